The van der Waals surface area contributed by atoms with Crippen LogP contribution in [0.25, 0.3) is 0 Å². The SMILES string of the molecule is O=CC1=CC[C@@H](c2ccc([N+](=O)[O-])cc2)[C@]([N+](=O)[O-])(S(=O)(=O)c2ccccc2)[C@@H]1c1ccc([N+](=O)[O-])cc1. The van der Waals surface area contributed by atoms with Crippen LogP contribution in [0, 0.1) is 30.3 Å². The number of allylic oxidation sites excluding steroid dienone is 1. The smallest absolute Gasteiger partial charge is 0.298 e. The number of non-ortho nitro benzene ring substituents is 2. The molecule has 0 unspecified atom stereocenters. The topological polar surface area (TPSA) is 181 Å². The van der Waals surface area contributed by atoms with Crippen molar-refractivity contribution in [1.82, 2.24) is 0 Å². The first-order valence-electron chi connectivity index (χ1n) is 11.1. The molecule has 4 rings (SSSR count). The van der Waals surface area contributed by atoms with Gasteiger partial charge in [0.25, 0.3) is 21.2 Å². The van der Waals surface area contributed by atoms with E-state index >= 15 is 0 Å². The van der Waals surface area contributed by atoms with Crippen LogP contribution in [-0.4, -0.2) is 34.3 Å². The van der Waals surface area contributed by atoms with E-state index in [2.05, 4.69) is 0 Å². The summed E-state index contributed by atoms with van der Waals surface area (Å²) in [6, 6.07) is 16.1. The lowest BCUT2D eigenvalue weighted by Crippen LogP contribution is -2.57. The highest BCUT2D eigenvalue weighted by Crippen LogP contribution is 2.55. The first-order chi connectivity index (χ1) is 18.0. The maximum atomic E-state index is 14.3. The molecule has 1 aliphatic rings. The molecule has 3 aromatic rings. The number of carbonyl (C=O) groups excluding carboxylic acids is 1. The van der Waals surface area contributed by atoms with E-state index < -0.39 is 41.3 Å². The molecule has 0 fully saturated rings. The largest absolute Gasteiger partial charge is 0.340 e. The highest BCUT2D eigenvalue weighted by atomic mass is 32.2. The molecule has 12 nitrogen and oxygen atoms in total. The second kappa shape index (κ2) is 9.94. The second-order valence-electron chi connectivity index (χ2n) is 8.57. The number of hydrogen-bond acceptors (Lipinski definition) is 9. The van der Waals surface area contributed by atoms with Gasteiger partial charge in [0.05, 0.1) is 26.6 Å². The summed E-state index contributed by atoms with van der Waals surface area (Å²) in [5.41, 5.74) is -0.645. The Morgan fingerprint density at radius 2 is 1.26 bits per heavy atom. The molecular formula is C25H19N3O9S. The van der Waals surface area contributed by atoms with Crippen LogP contribution >= 0.6 is 0 Å². The first kappa shape index (κ1) is 26.3. The minimum absolute atomic E-state index is 0.0109. The normalized spacial score (nSPS) is 21.2. The van der Waals surface area contributed by atoms with Crippen molar-refractivity contribution in [3.63, 3.8) is 0 Å². The molecule has 3 aromatic carbocycles. The van der Waals surface area contributed by atoms with Gasteiger partial charge in [-0.25, -0.2) is 8.42 Å². The van der Waals surface area contributed by atoms with Crippen LogP contribution < -0.4 is 0 Å². The van der Waals surface area contributed by atoms with Gasteiger partial charge in [-0.2, -0.15) is 0 Å². The van der Waals surface area contributed by atoms with Gasteiger partial charge in [0.2, 0.25) is 0 Å². The lowest BCUT2D eigenvalue weighted by molar-refractivity contribution is -0.549. The van der Waals surface area contributed by atoms with Crippen LogP contribution in [-0.2, 0) is 14.6 Å². The number of nitro benzene ring substituents is 2. The number of aldehydes is 1. The van der Waals surface area contributed by atoms with Gasteiger partial charge < -0.3 is 0 Å². The van der Waals surface area contributed by atoms with Crippen LogP contribution in [0.1, 0.15) is 29.4 Å². The second-order valence-corrected chi connectivity index (χ2v) is 10.7. The van der Waals surface area contributed by atoms with Gasteiger partial charge in [-0.3, -0.25) is 35.1 Å². The number of carbonyl (C=O) groups is 1. The van der Waals surface area contributed by atoms with Crippen molar-refractivity contribution >= 4 is 27.5 Å². The van der Waals surface area contributed by atoms with Crippen LogP contribution in [0.3, 0.4) is 0 Å². The van der Waals surface area contributed by atoms with E-state index in [1.165, 1.54) is 60.7 Å². The third-order valence-electron chi connectivity index (χ3n) is 6.68. The molecule has 0 amide bonds. The molecule has 3 atom stereocenters. The van der Waals surface area contributed by atoms with Gasteiger partial charge in [0.1, 0.15) is 6.29 Å². The number of nitrogens with zero attached hydrogens (tertiary/aromatic N) is 3. The van der Waals surface area contributed by atoms with Crippen LogP contribution in [0.5, 0.6) is 0 Å². The Hall–Kier alpha value is -4.78. The summed E-state index contributed by atoms with van der Waals surface area (Å²) in [5, 5.41) is 35.5. The summed E-state index contributed by atoms with van der Waals surface area (Å²) < 4.78 is 28.7. The van der Waals surface area contributed by atoms with Gasteiger partial charge >= 0.3 is 4.87 Å². The fraction of sp³-hybridized carbons (Fsp3) is 0.160. The zero-order valence-electron chi connectivity index (χ0n) is 19.4. The number of nitro groups is 3. The number of sulfone groups is 1. The number of rotatable bonds is 8. The van der Waals surface area contributed by atoms with Gasteiger partial charge in [-0.1, -0.05) is 48.5 Å². The molecule has 38 heavy (non-hydrogen) atoms. The van der Waals surface area contributed by atoms with Crippen molar-refractivity contribution in [3.05, 3.63) is 132 Å². The van der Waals surface area contributed by atoms with Gasteiger partial charge in [0, 0.05) is 34.8 Å². The molecule has 0 aliphatic heterocycles. The summed E-state index contributed by atoms with van der Waals surface area (Å²) in [6.45, 7) is 0. The Balaban J connectivity index is 2.08. The molecule has 0 N–H and O–H groups in total. The molecule has 0 saturated heterocycles. The average molecular weight is 538 g/mol. The average Bonchev–Trinajstić information content (AvgIpc) is 2.92. The summed E-state index contributed by atoms with van der Waals surface area (Å²) in [7, 11) is -4.88. The fourth-order valence-electron chi connectivity index (χ4n) is 4.98. The monoisotopic (exact) mass is 537 g/mol. The first-order valence-corrected chi connectivity index (χ1v) is 12.6. The van der Waals surface area contributed by atoms with E-state index in [9.17, 15) is 43.6 Å². The molecule has 0 spiro atoms. The fourth-order valence-corrected chi connectivity index (χ4v) is 7.26. The molecule has 1 aliphatic carbocycles. The molecule has 194 valence electrons. The molecule has 0 heterocycles. The van der Waals surface area contributed by atoms with E-state index in [-0.39, 0.29) is 39.4 Å². The van der Waals surface area contributed by atoms with Crippen molar-refractivity contribution in [2.45, 2.75) is 28.0 Å². The van der Waals surface area contributed by atoms with E-state index in [0.29, 0.717) is 6.29 Å². The van der Waals surface area contributed by atoms with Crippen molar-refractivity contribution < 1.29 is 28.0 Å². The van der Waals surface area contributed by atoms with Crippen molar-refractivity contribution in [2.24, 2.45) is 0 Å². The molecule has 0 aromatic heterocycles. The van der Waals surface area contributed by atoms with Crippen LogP contribution in [0.2, 0.25) is 0 Å². The lowest BCUT2D eigenvalue weighted by Gasteiger charge is -2.41. The Morgan fingerprint density at radius 1 is 0.763 bits per heavy atom. The Bertz CT molecular complexity index is 1550. The molecule has 0 radical (unpaired) electrons. The van der Waals surface area contributed by atoms with Crippen molar-refractivity contribution in [2.75, 3.05) is 0 Å². The minimum atomic E-state index is -4.88. The van der Waals surface area contributed by atoms with Crippen LogP contribution in [0.4, 0.5) is 11.4 Å². The summed E-state index contributed by atoms with van der Waals surface area (Å²) in [5.74, 6) is -3.04. The third kappa shape index (κ3) is 4.12. The van der Waals surface area contributed by atoms with E-state index in [1.807, 2.05) is 0 Å². The lowest BCUT2D eigenvalue weighted by atomic mass is 9.70. The third-order valence-corrected chi connectivity index (χ3v) is 9.11. The highest BCUT2D eigenvalue weighted by Gasteiger charge is 2.69. The maximum absolute atomic E-state index is 14.3. The zero-order chi connectivity index (χ0) is 27.7. The van der Waals surface area contributed by atoms with Gasteiger partial charge in [-0.05, 0) is 29.7 Å². The predicted octanol–water partition coefficient (Wildman–Crippen LogP) is 4.35. The van der Waals surface area contributed by atoms with Crippen molar-refractivity contribution in [3.8, 4) is 0 Å². The molecule has 0 saturated carbocycles. The quantitative estimate of drug-likeness (QED) is 0.229. The van der Waals surface area contributed by atoms with E-state index in [1.54, 1.807) is 0 Å². The number of benzene rings is 3. The number of hydrogen-bond donors (Lipinski definition) is 0. The van der Waals surface area contributed by atoms with E-state index in [0.717, 1.165) is 24.3 Å². The standard InChI is InChI=1S/C25H19N3O9S/c29-16-19-10-15-23(17-6-11-20(12-7-17)26(30)31)25(28(34)35,38(36,37)22-4-2-1-3-5-22)24(19)18-8-13-21(14-9-18)27(32)33/h1-14,16,23-24H,15H2/t23-,24+,25-/m0/s1. The Morgan fingerprint density at radius 3 is 1.71 bits per heavy atom. The maximum Gasteiger partial charge on any atom is 0.340 e. The van der Waals surface area contributed by atoms with E-state index in [4.69, 9.17) is 0 Å². The highest BCUT2D eigenvalue weighted by molar-refractivity contribution is 7.92. The Labute approximate surface area is 215 Å². The summed E-state index contributed by atoms with van der Waals surface area (Å²) in [4.78, 5) is 42.2. The molecular weight excluding hydrogens is 518 g/mol. The summed E-state index contributed by atoms with van der Waals surface area (Å²) in [6.07, 6.45) is 1.51. The van der Waals surface area contributed by atoms with Crippen molar-refractivity contribution in [1.29, 1.82) is 0 Å². The summed E-state index contributed by atoms with van der Waals surface area (Å²) >= 11 is 0. The zero-order valence-corrected chi connectivity index (χ0v) is 20.3. The van der Waals surface area contributed by atoms with Gasteiger partial charge in [0.15, 0.2) is 0 Å². The van der Waals surface area contributed by atoms with Crippen LogP contribution in [0.15, 0.2) is 95.4 Å². The predicted molar refractivity (Wildman–Crippen MR) is 134 cm³/mol. The van der Waals surface area contributed by atoms with Gasteiger partial charge in [-0.15, -0.1) is 0 Å². The molecule has 13 heteroatoms. The molecule has 0 bridgehead atoms. The minimum Gasteiger partial charge on any atom is -0.298 e. The Kier molecular flexibility index (Phi) is 6.87.